The number of hydrogen-bond acceptors (Lipinski definition) is 1. The topological polar surface area (TPSA) is 3.24 Å². The zero-order valence-corrected chi connectivity index (χ0v) is 15.7. The first-order chi connectivity index (χ1) is 12.3. The van der Waals surface area contributed by atoms with Gasteiger partial charge in [-0.2, -0.15) is 0 Å². The lowest BCUT2D eigenvalue weighted by molar-refractivity contribution is 0.520. The van der Waals surface area contributed by atoms with Gasteiger partial charge in [-0.05, 0) is 75.3 Å². The van der Waals surface area contributed by atoms with Gasteiger partial charge in [-0.25, -0.2) is 0 Å². The summed E-state index contributed by atoms with van der Waals surface area (Å²) in [4.78, 5) is 2.39. The van der Waals surface area contributed by atoms with E-state index >= 15 is 0 Å². The van der Waals surface area contributed by atoms with Crippen molar-refractivity contribution in [2.24, 2.45) is 0 Å². The molecule has 0 N–H and O–H groups in total. The molecule has 0 amide bonds. The van der Waals surface area contributed by atoms with Gasteiger partial charge in [-0.1, -0.05) is 56.0 Å². The summed E-state index contributed by atoms with van der Waals surface area (Å²) in [6.07, 6.45) is 30.8. The minimum Gasteiger partial charge on any atom is -0.314 e. The Kier molecular flexibility index (Phi) is 8.04. The molecule has 0 aromatic carbocycles. The third-order valence-electron chi connectivity index (χ3n) is 4.42. The van der Waals surface area contributed by atoms with Crippen molar-refractivity contribution in [3.63, 3.8) is 0 Å². The normalized spacial score (nSPS) is 20.2. The molecular formula is C24H31N. The number of rotatable bonds is 7. The second-order valence-corrected chi connectivity index (χ2v) is 6.30. The van der Waals surface area contributed by atoms with Crippen LogP contribution < -0.4 is 0 Å². The molecule has 1 heteroatoms. The summed E-state index contributed by atoms with van der Waals surface area (Å²) >= 11 is 0. The van der Waals surface area contributed by atoms with Crippen molar-refractivity contribution in [2.75, 3.05) is 0 Å². The first kappa shape index (κ1) is 19.1. The average molecular weight is 334 g/mol. The van der Waals surface area contributed by atoms with Crippen molar-refractivity contribution in [3.8, 4) is 0 Å². The third kappa shape index (κ3) is 5.35. The molecule has 2 aliphatic carbocycles. The molecule has 0 radical (unpaired) electrons. The molecule has 0 aromatic heterocycles. The molecule has 1 nitrogen and oxygen atoms in total. The molecule has 0 aliphatic heterocycles. The third-order valence-corrected chi connectivity index (χ3v) is 4.42. The van der Waals surface area contributed by atoms with E-state index in [-0.39, 0.29) is 0 Å². The largest absolute Gasteiger partial charge is 0.314 e. The Morgan fingerprint density at radius 3 is 2.72 bits per heavy atom. The summed E-state index contributed by atoms with van der Waals surface area (Å²) < 4.78 is 0. The zero-order valence-electron chi connectivity index (χ0n) is 15.7. The fourth-order valence-electron chi connectivity index (χ4n) is 3.19. The summed E-state index contributed by atoms with van der Waals surface area (Å²) in [6.45, 7) is 8.34. The predicted molar refractivity (Wildman–Crippen MR) is 111 cm³/mol. The van der Waals surface area contributed by atoms with E-state index in [1.807, 2.05) is 6.08 Å². The fourth-order valence-corrected chi connectivity index (χ4v) is 3.19. The molecule has 0 unspecified atom stereocenters. The molecule has 0 bridgehead atoms. The summed E-state index contributed by atoms with van der Waals surface area (Å²) in [5, 5.41) is 0. The monoisotopic (exact) mass is 333 g/mol. The molecule has 0 heterocycles. The van der Waals surface area contributed by atoms with Crippen LogP contribution in [0, 0.1) is 0 Å². The van der Waals surface area contributed by atoms with Gasteiger partial charge < -0.3 is 4.90 Å². The van der Waals surface area contributed by atoms with Crippen LogP contribution in [0.1, 0.15) is 52.4 Å². The summed E-state index contributed by atoms with van der Waals surface area (Å²) in [6, 6.07) is 0. The maximum Gasteiger partial charge on any atom is 0.0486 e. The van der Waals surface area contributed by atoms with Crippen LogP contribution in [0.2, 0.25) is 0 Å². The molecule has 0 spiro atoms. The Bertz CT molecular complexity index is 662. The minimum absolute atomic E-state index is 1.04. The molecule has 132 valence electrons. The highest BCUT2D eigenvalue weighted by atomic mass is 15.2. The van der Waals surface area contributed by atoms with Gasteiger partial charge >= 0.3 is 0 Å². The molecule has 2 rings (SSSR count). The van der Waals surface area contributed by atoms with Crippen LogP contribution in [-0.4, -0.2) is 4.90 Å². The molecule has 0 saturated carbocycles. The quantitative estimate of drug-likeness (QED) is 0.448. The van der Waals surface area contributed by atoms with E-state index in [1.165, 1.54) is 29.8 Å². The second-order valence-electron chi connectivity index (χ2n) is 6.30. The molecule has 0 atom stereocenters. The van der Waals surface area contributed by atoms with E-state index in [1.54, 1.807) is 0 Å². The van der Waals surface area contributed by atoms with E-state index in [0.717, 1.165) is 31.4 Å². The highest BCUT2D eigenvalue weighted by molar-refractivity contribution is 5.43. The van der Waals surface area contributed by atoms with Crippen LogP contribution >= 0.6 is 0 Å². The summed E-state index contributed by atoms with van der Waals surface area (Å²) in [5.74, 6) is 0. The van der Waals surface area contributed by atoms with Crippen LogP contribution in [0.15, 0.2) is 96.1 Å². The van der Waals surface area contributed by atoms with E-state index in [4.69, 9.17) is 0 Å². The van der Waals surface area contributed by atoms with E-state index in [2.05, 4.69) is 86.1 Å². The van der Waals surface area contributed by atoms with Gasteiger partial charge in [0.1, 0.15) is 0 Å². The summed E-state index contributed by atoms with van der Waals surface area (Å²) in [5.41, 5.74) is 5.15. The predicted octanol–water partition coefficient (Wildman–Crippen LogP) is 7.13. The zero-order chi connectivity index (χ0) is 17.9. The Morgan fingerprint density at radius 1 is 1.24 bits per heavy atom. The lowest BCUT2D eigenvalue weighted by Crippen LogP contribution is -2.22. The highest BCUT2D eigenvalue weighted by Crippen LogP contribution is 2.32. The Morgan fingerprint density at radius 2 is 2.12 bits per heavy atom. The molecule has 0 aromatic rings. The van der Waals surface area contributed by atoms with Crippen LogP contribution in [0.5, 0.6) is 0 Å². The van der Waals surface area contributed by atoms with Gasteiger partial charge in [0.25, 0.3) is 0 Å². The Hall–Kier alpha value is -2.28. The molecule has 0 saturated heterocycles. The molecular weight excluding hydrogens is 302 g/mol. The molecule has 25 heavy (non-hydrogen) atoms. The van der Waals surface area contributed by atoms with Gasteiger partial charge in [-0.15, -0.1) is 0 Å². The lowest BCUT2D eigenvalue weighted by Gasteiger charge is -2.32. The van der Waals surface area contributed by atoms with Crippen LogP contribution in [-0.2, 0) is 0 Å². The van der Waals surface area contributed by atoms with Crippen LogP contribution in [0.4, 0.5) is 0 Å². The van der Waals surface area contributed by atoms with Crippen molar-refractivity contribution < 1.29 is 0 Å². The number of hydrogen-bond donors (Lipinski definition) is 0. The van der Waals surface area contributed by atoms with Crippen molar-refractivity contribution >= 4 is 0 Å². The molecule has 0 fully saturated rings. The van der Waals surface area contributed by atoms with E-state index in [0.29, 0.717) is 0 Å². The van der Waals surface area contributed by atoms with Gasteiger partial charge in [0.05, 0.1) is 0 Å². The average Bonchev–Trinajstić information content (AvgIpc) is 2.68. The van der Waals surface area contributed by atoms with Crippen molar-refractivity contribution in [1.82, 2.24) is 4.90 Å². The first-order valence-corrected chi connectivity index (χ1v) is 9.49. The Labute approximate surface area is 153 Å². The van der Waals surface area contributed by atoms with E-state index in [9.17, 15) is 0 Å². The van der Waals surface area contributed by atoms with E-state index < -0.39 is 0 Å². The number of nitrogens with zero attached hydrogens (tertiary/aromatic N) is 1. The smallest absolute Gasteiger partial charge is 0.0486 e. The standard InChI is InChI=1S/C24H31N/c1-4-7-10-18-22(6-3)25(23-19-13-9-14-20-23)24(15-5-2)21-16-11-8-12-17-21/h5-7,9-11,13,15-16,18-19H,3-4,8,12,14,17,20H2,1-2H3/b10-7+,15-5-,22-18+,24-21+. The maximum absolute atomic E-state index is 4.09. The SMILES string of the molecule is C=C/C(=C\C=C\CC)N(C1=CC=CCC1)C(/C=C\C)=C1\C=CCCC1. The van der Waals surface area contributed by atoms with Crippen molar-refractivity contribution in [1.29, 1.82) is 0 Å². The van der Waals surface area contributed by atoms with Crippen molar-refractivity contribution in [2.45, 2.75) is 52.4 Å². The lowest BCUT2D eigenvalue weighted by atomic mass is 9.97. The maximum atomic E-state index is 4.09. The van der Waals surface area contributed by atoms with Gasteiger partial charge in [0.2, 0.25) is 0 Å². The highest BCUT2D eigenvalue weighted by Gasteiger charge is 2.19. The minimum atomic E-state index is 1.04. The van der Waals surface area contributed by atoms with Gasteiger partial charge in [-0.3, -0.25) is 0 Å². The van der Waals surface area contributed by atoms with Crippen molar-refractivity contribution in [3.05, 3.63) is 96.1 Å². The molecule has 2 aliphatic rings. The Balaban J connectivity index is 2.57. The van der Waals surface area contributed by atoms with Crippen LogP contribution in [0.25, 0.3) is 0 Å². The fraction of sp³-hybridized carbons (Fsp3) is 0.333. The van der Waals surface area contributed by atoms with Gasteiger partial charge in [0.15, 0.2) is 0 Å². The first-order valence-electron chi connectivity index (χ1n) is 9.49. The summed E-state index contributed by atoms with van der Waals surface area (Å²) in [7, 11) is 0. The second kappa shape index (κ2) is 10.6. The van der Waals surface area contributed by atoms with Gasteiger partial charge in [0, 0.05) is 17.1 Å². The van der Waals surface area contributed by atoms with Crippen LogP contribution in [0.3, 0.4) is 0 Å². The number of allylic oxidation sites excluding steroid dienone is 13.